The monoisotopic (exact) mass is 574 g/mol. The van der Waals surface area contributed by atoms with Crippen molar-refractivity contribution in [1.82, 2.24) is 14.7 Å². The van der Waals surface area contributed by atoms with Gasteiger partial charge < -0.3 is 29.7 Å². The molecule has 1 unspecified atom stereocenters. The van der Waals surface area contributed by atoms with Gasteiger partial charge in [-0.1, -0.05) is 65.8 Å². The molecule has 0 aliphatic heterocycles. The fourth-order valence-electron chi connectivity index (χ4n) is 4.66. The lowest BCUT2D eigenvalue weighted by atomic mass is 9.86. The molecule has 42 heavy (non-hydrogen) atoms. The van der Waals surface area contributed by atoms with E-state index in [1.807, 2.05) is 51.2 Å². The average molecular weight is 575 g/mol. The Morgan fingerprint density at radius 3 is 2.36 bits per heavy atom. The second-order valence-electron chi connectivity index (χ2n) is 12.5. The molecule has 0 aliphatic rings. The van der Waals surface area contributed by atoms with E-state index >= 15 is 0 Å². The van der Waals surface area contributed by atoms with Crippen LogP contribution in [0.25, 0.3) is 27.8 Å². The number of aromatic nitrogens is 2. The van der Waals surface area contributed by atoms with E-state index in [4.69, 9.17) is 24.9 Å². The predicted octanol–water partition coefficient (Wildman–Crippen LogP) is 5.73. The van der Waals surface area contributed by atoms with Crippen LogP contribution in [0.3, 0.4) is 0 Å². The third kappa shape index (κ3) is 7.66. The van der Waals surface area contributed by atoms with Crippen LogP contribution in [-0.2, 0) is 19.6 Å². The van der Waals surface area contributed by atoms with Crippen molar-refractivity contribution in [1.29, 1.82) is 0 Å². The summed E-state index contributed by atoms with van der Waals surface area (Å²) in [5.41, 5.74) is 11.3. The Morgan fingerprint density at radius 2 is 1.69 bits per heavy atom. The molecule has 2 aromatic carbocycles. The Morgan fingerprint density at radius 1 is 0.952 bits per heavy atom. The van der Waals surface area contributed by atoms with Crippen molar-refractivity contribution in [2.75, 3.05) is 33.0 Å². The van der Waals surface area contributed by atoms with Gasteiger partial charge in [0.2, 0.25) is 0 Å². The van der Waals surface area contributed by atoms with Crippen molar-refractivity contribution in [2.45, 2.75) is 53.1 Å². The Hall–Kier alpha value is -3.95. The number of carbonyl (C=O) groups excluding carboxylic acids is 2. The molecule has 9 nitrogen and oxygen atoms in total. The summed E-state index contributed by atoms with van der Waals surface area (Å²) < 4.78 is 18.5. The molecule has 0 fully saturated rings. The second kappa shape index (κ2) is 12.9. The van der Waals surface area contributed by atoms with E-state index in [9.17, 15) is 9.59 Å². The van der Waals surface area contributed by atoms with Crippen LogP contribution in [0.5, 0.6) is 0 Å². The summed E-state index contributed by atoms with van der Waals surface area (Å²) in [6, 6.07) is 18.2. The van der Waals surface area contributed by atoms with Gasteiger partial charge in [-0.05, 0) is 46.7 Å². The maximum Gasteiger partial charge on any atom is 0.404 e. The number of ether oxygens (including phenoxy) is 3. The number of fused-ring (bicyclic) bond motifs is 3. The van der Waals surface area contributed by atoms with Crippen molar-refractivity contribution in [3.63, 3.8) is 0 Å². The summed E-state index contributed by atoms with van der Waals surface area (Å²) in [5.74, 6) is -0.196. The summed E-state index contributed by atoms with van der Waals surface area (Å²) >= 11 is 0. The minimum atomic E-state index is -0.827. The molecule has 1 atom stereocenters. The van der Waals surface area contributed by atoms with Gasteiger partial charge in [0, 0.05) is 23.9 Å². The first kappa shape index (κ1) is 31.0. The van der Waals surface area contributed by atoms with E-state index in [1.54, 1.807) is 0 Å². The van der Waals surface area contributed by atoms with E-state index in [-0.39, 0.29) is 29.4 Å². The molecule has 0 radical (unpaired) electrons. The topological polar surface area (TPSA) is 117 Å². The van der Waals surface area contributed by atoms with Gasteiger partial charge in [0.25, 0.3) is 5.91 Å². The van der Waals surface area contributed by atoms with E-state index in [1.165, 1.54) is 5.56 Å². The zero-order chi connectivity index (χ0) is 30.5. The van der Waals surface area contributed by atoms with Crippen LogP contribution in [0.2, 0.25) is 0 Å². The van der Waals surface area contributed by atoms with Crippen LogP contribution < -0.4 is 11.1 Å². The van der Waals surface area contributed by atoms with Gasteiger partial charge in [0.05, 0.1) is 48.2 Å². The predicted molar refractivity (Wildman–Crippen MR) is 165 cm³/mol. The molecule has 224 valence electrons. The maximum absolute atomic E-state index is 12.9. The van der Waals surface area contributed by atoms with Gasteiger partial charge in [0.1, 0.15) is 6.61 Å². The highest BCUT2D eigenvalue weighted by atomic mass is 16.6. The average Bonchev–Trinajstić information content (AvgIpc) is 3.42. The Balaban J connectivity index is 1.36. The molecular formula is C33H42N4O5. The van der Waals surface area contributed by atoms with Gasteiger partial charge in [-0.25, -0.2) is 9.78 Å². The molecule has 2 heterocycles. The molecule has 0 aliphatic carbocycles. The molecule has 0 saturated carbocycles. The fraction of sp³-hybridized carbons (Fsp3) is 0.424. The highest BCUT2D eigenvalue weighted by molar-refractivity contribution is 5.98. The van der Waals surface area contributed by atoms with E-state index < -0.39 is 6.09 Å². The molecule has 2 aromatic heterocycles. The van der Waals surface area contributed by atoms with Crippen LogP contribution in [0, 0.1) is 5.41 Å². The summed E-state index contributed by atoms with van der Waals surface area (Å²) in [6.07, 6.45) is 0.874. The number of nitrogens with two attached hydrogens (primary N) is 1. The number of hydrogen-bond acceptors (Lipinski definition) is 6. The second-order valence-corrected chi connectivity index (χ2v) is 12.5. The lowest BCUT2D eigenvalue weighted by molar-refractivity contribution is -0.0684. The summed E-state index contributed by atoms with van der Waals surface area (Å²) in [6.45, 7) is 14.0. The molecule has 0 bridgehead atoms. The fourth-order valence-corrected chi connectivity index (χ4v) is 4.66. The SMILES string of the molecule is CC(C)(C)c1ccc(-c2nc3cc(C(=O)NCCOCCOC(COC(N)=O)C(C)(C)C)ccc3n3cccc23)cc1. The van der Waals surface area contributed by atoms with Crippen LogP contribution >= 0.6 is 0 Å². The number of nitrogens with one attached hydrogen (secondary N) is 1. The van der Waals surface area contributed by atoms with Gasteiger partial charge in [-0.2, -0.15) is 0 Å². The smallest absolute Gasteiger partial charge is 0.404 e. The zero-order valence-electron chi connectivity index (χ0n) is 25.4. The first-order valence-corrected chi connectivity index (χ1v) is 14.3. The van der Waals surface area contributed by atoms with E-state index in [0.29, 0.717) is 31.9 Å². The Kier molecular flexibility index (Phi) is 9.53. The first-order chi connectivity index (χ1) is 19.8. The van der Waals surface area contributed by atoms with Gasteiger partial charge in [0.15, 0.2) is 0 Å². The first-order valence-electron chi connectivity index (χ1n) is 14.3. The van der Waals surface area contributed by atoms with Crippen LogP contribution in [-0.4, -0.2) is 60.5 Å². The van der Waals surface area contributed by atoms with Crippen molar-refractivity contribution in [2.24, 2.45) is 11.1 Å². The van der Waals surface area contributed by atoms with Gasteiger partial charge in [-0.3, -0.25) is 4.79 Å². The number of benzene rings is 2. The summed E-state index contributed by atoms with van der Waals surface area (Å²) in [7, 11) is 0. The normalized spacial score (nSPS) is 12.9. The van der Waals surface area contributed by atoms with E-state index in [0.717, 1.165) is 27.8 Å². The van der Waals surface area contributed by atoms with Crippen LogP contribution in [0.4, 0.5) is 4.79 Å². The third-order valence-corrected chi connectivity index (χ3v) is 7.17. The molecule has 4 aromatic rings. The molecule has 0 saturated heterocycles. The third-order valence-electron chi connectivity index (χ3n) is 7.17. The lowest BCUT2D eigenvalue weighted by Crippen LogP contribution is -2.36. The zero-order valence-corrected chi connectivity index (χ0v) is 25.4. The quantitative estimate of drug-likeness (QED) is 0.221. The molecular weight excluding hydrogens is 532 g/mol. The lowest BCUT2D eigenvalue weighted by Gasteiger charge is -2.30. The van der Waals surface area contributed by atoms with Crippen LogP contribution in [0.1, 0.15) is 57.5 Å². The minimum Gasteiger partial charge on any atom is -0.447 e. The van der Waals surface area contributed by atoms with Gasteiger partial charge in [-0.15, -0.1) is 0 Å². The Bertz CT molecular complexity index is 1530. The number of carbonyl (C=O) groups is 2. The number of amides is 2. The molecule has 4 rings (SSSR count). The van der Waals surface area contributed by atoms with Crippen molar-refractivity contribution in [3.8, 4) is 11.3 Å². The highest BCUT2D eigenvalue weighted by Crippen LogP contribution is 2.30. The van der Waals surface area contributed by atoms with Crippen molar-refractivity contribution < 1.29 is 23.8 Å². The maximum atomic E-state index is 12.9. The summed E-state index contributed by atoms with van der Waals surface area (Å²) in [5, 5.41) is 2.91. The minimum absolute atomic E-state index is 0.0681. The number of hydrogen-bond donors (Lipinski definition) is 2. The largest absolute Gasteiger partial charge is 0.447 e. The van der Waals surface area contributed by atoms with Gasteiger partial charge >= 0.3 is 6.09 Å². The summed E-state index contributed by atoms with van der Waals surface area (Å²) in [4.78, 5) is 28.9. The molecule has 0 spiro atoms. The van der Waals surface area contributed by atoms with Crippen LogP contribution in [0.15, 0.2) is 60.8 Å². The van der Waals surface area contributed by atoms with Crippen molar-refractivity contribution in [3.05, 3.63) is 71.9 Å². The van der Waals surface area contributed by atoms with E-state index in [2.05, 4.69) is 60.8 Å². The Labute approximate surface area is 247 Å². The molecule has 9 heteroatoms. The number of rotatable bonds is 11. The molecule has 3 N–H and O–H groups in total. The standard InChI is InChI=1S/C33H42N4O5/c1-32(2,3)24-12-9-22(10-13-24)29-27-8-7-16-37(27)26-14-11-23(20-25(26)36-29)30(38)35-15-17-40-18-19-41-28(33(4,5)6)21-42-31(34)39/h7-14,16,20,28H,15,17-19,21H2,1-6H3,(H2,34,39)(H,35,38). The number of nitrogens with zero attached hydrogens (tertiary/aromatic N) is 2. The highest BCUT2D eigenvalue weighted by Gasteiger charge is 2.26. The molecule has 2 amide bonds. The number of primary amides is 1. The van der Waals surface area contributed by atoms with Crippen molar-refractivity contribution >= 4 is 28.6 Å².